The van der Waals surface area contributed by atoms with Gasteiger partial charge in [0.2, 0.25) is 0 Å². The first-order valence-electron chi connectivity index (χ1n) is 9.22. The van der Waals surface area contributed by atoms with E-state index in [0.29, 0.717) is 5.56 Å². The first-order valence-corrected chi connectivity index (χ1v) is 11.0. The smallest absolute Gasteiger partial charge is 0.410 e. The zero-order valence-electron chi connectivity index (χ0n) is 16.7. The zero-order valence-corrected chi connectivity index (χ0v) is 17.5. The van der Waals surface area contributed by atoms with Crippen molar-refractivity contribution >= 4 is 27.9 Å². The van der Waals surface area contributed by atoms with Gasteiger partial charge in [0.1, 0.15) is 6.61 Å². The molecule has 14 heteroatoms. The number of rotatable bonds is 9. The van der Waals surface area contributed by atoms with E-state index in [4.69, 9.17) is 14.7 Å². The second-order valence-electron chi connectivity index (χ2n) is 7.00. The van der Waals surface area contributed by atoms with Crippen molar-refractivity contribution < 1.29 is 37.0 Å². The molecule has 0 aromatic heterocycles. The minimum atomic E-state index is -3.79. The molecule has 1 saturated heterocycles. The number of hydrogen-bond acceptors (Lipinski definition) is 9. The standard InChI is InChI=1S/C17H24N4O9S/c1-31(27,28)30-13-8-14(15(22)6-7-19-16(18)23)20(9-13)17(24)29-10-11-2-4-12(5-3-11)21(25)26/h2-5,13-15,22H,6-10H2,1H3,(H3,18,19,23)/t13-,14+,15?/m1/s1. The van der Waals surface area contributed by atoms with Crippen LogP contribution in [0.4, 0.5) is 15.3 Å². The summed E-state index contributed by atoms with van der Waals surface area (Å²) in [4.78, 5) is 34.7. The molecule has 0 bridgehead atoms. The van der Waals surface area contributed by atoms with Crippen molar-refractivity contribution in [3.05, 3.63) is 39.9 Å². The van der Waals surface area contributed by atoms with Gasteiger partial charge in [0, 0.05) is 18.7 Å². The number of carbonyl (C=O) groups is 2. The van der Waals surface area contributed by atoms with Gasteiger partial charge in [0.15, 0.2) is 0 Å². The molecule has 3 atom stereocenters. The highest BCUT2D eigenvalue weighted by Gasteiger charge is 2.41. The Hall–Kier alpha value is -2.97. The van der Waals surface area contributed by atoms with E-state index < -0.39 is 45.4 Å². The molecule has 1 aliphatic heterocycles. The molecule has 0 aliphatic carbocycles. The van der Waals surface area contributed by atoms with Gasteiger partial charge in [-0.15, -0.1) is 0 Å². The summed E-state index contributed by atoms with van der Waals surface area (Å²) in [5.41, 5.74) is 5.38. The van der Waals surface area contributed by atoms with Crippen LogP contribution in [0.1, 0.15) is 18.4 Å². The topological polar surface area (TPSA) is 191 Å². The number of non-ortho nitro benzene ring substituents is 1. The van der Waals surface area contributed by atoms with Crippen molar-refractivity contribution in [2.24, 2.45) is 5.73 Å². The second kappa shape index (κ2) is 10.4. The maximum absolute atomic E-state index is 12.6. The average molecular weight is 460 g/mol. The predicted molar refractivity (Wildman–Crippen MR) is 106 cm³/mol. The third-order valence-corrected chi connectivity index (χ3v) is 5.17. The number of likely N-dealkylation sites (tertiary alicyclic amines) is 1. The van der Waals surface area contributed by atoms with Crippen LogP contribution in [0.25, 0.3) is 0 Å². The van der Waals surface area contributed by atoms with E-state index in [1.165, 1.54) is 24.3 Å². The van der Waals surface area contributed by atoms with Crippen LogP contribution in [-0.4, -0.2) is 73.1 Å². The van der Waals surface area contributed by atoms with E-state index in [0.717, 1.165) is 11.2 Å². The van der Waals surface area contributed by atoms with E-state index >= 15 is 0 Å². The number of aliphatic hydroxyl groups excluding tert-OH is 1. The third kappa shape index (κ3) is 7.66. The minimum Gasteiger partial charge on any atom is -0.445 e. The Morgan fingerprint density at radius 2 is 2.03 bits per heavy atom. The summed E-state index contributed by atoms with van der Waals surface area (Å²) in [6.07, 6.45) is -1.81. The number of nitrogens with two attached hydrogens (primary N) is 1. The van der Waals surface area contributed by atoms with Gasteiger partial charge < -0.3 is 20.9 Å². The Morgan fingerprint density at radius 1 is 1.39 bits per heavy atom. The van der Waals surface area contributed by atoms with Gasteiger partial charge in [-0.3, -0.25) is 19.2 Å². The number of aliphatic hydroxyl groups is 1. The molecule has 1 aromatic rings. The molecule has 0 spiro atoms. The number of urea groups is 1. The summed E-state index contributed by atoms with van der Waals surface area (Å²) < 4.78 is 33.1. The van der Waals surface area contributed by atoms with Crippen molar-refractivity contribution in [2.75, 3.05) is 19.3 Å². The molecule has 1 heterocycles. The van der Waals surface area contributed by atoms with Crippen LogP contribution in [0, 0.1) is 10.1 Å². The fraction of sp³-hybridized carbons (Fsp3) is 0.529. The molecule has 1 aromatic carbocycles. The molecule has 13 nitrogen and oxygen atoms in total. The van der Waals surface area contributed by atoms with Crippen LogP contribution in [0.5, 0.6) is 0 Å². The fourth-order valence-electron chi connectivity index (χ4n) is 3.20. The summed E-state index contributed by atoms with van der Waals surface area (Å²) in [7, 11) is -3.79. The number of carbonyl (C=O) groups excluding carboxylic acids is 2. The molecule has 1 unspecified atom stereocenters. The number of nitro groups is 1. The van der Waals surface area contributed by atoms with E-state index in [1.807, 2.05) is 0 Å². The van der Waals surface area contributed by atoms with E-state index in [9.17, 15) is 33.2 Å². The molecule has 2 rings (SSSR count). The molecule has 4 N–H and O–H groups in total. The summed E-state index contributed by atoms with van der Waals surface area (Å²) in [5, 5.41) is 23.5. The lowest BCUT2D eigenvalue weighted by atomic mass is 10.0. The normalized spacial score (nSPS) is 19.6. The molecule has 0 saturated carbocycles. The number of primary amides is 1. The van der Waals surface area contributed by atoms with Crippen LogP contribution < -0.4 is 11.1 Å². The van der Waals surface area contributed by atoms with Crippen LogP contribution >= 0.6 is 0 Å². The molecular formula is C17H24N4O9S. The number of nitrogens with one attached hydrogen (secondary N) is 1. The van der Waals surface area contributed by atoms with E-state index in [2.05, 4.69) is 5.32 Å². The van der Waals surface area contributed by atoms with Crippen LogP contribution in [0.2, 0.25) is 0 Å². The van der Waals surface area contributed by atoms with Gasteiger partial charge in [-0.2, -0.15) is 8.42 Å². The third-order valence-electron chi connectivity index (χ3n) is 4.54. The minimum absolute atomic E-state index is 0.0391. The van der Waals surface area contributed by atoms with Gasteiger partial charge >= 0.3 is 12.1 Å². The molecule has 172 valence electrons. The maximum Gasteiger partial charge on any atom is 0.410 e. The highest BCUT2D eigenvalue weighted by Crippen LogP contribution is 2.26. The van der Waals surface area contributed by atoms with Gasteiger partial charge in [0.05, 0.1) is 36.0 Å². The van der Waals surface area contributed by atoms with Crippen molar-refractivity contribution in [2.45, 2.75) is 37.7 Å². The molecular weight excluding hydrogens is 436 g/mol. The van der Waals surface area contributed by atoms with Gasteiger partial charge in [-0.05, 0) is 30.5 Å². The Kier molecular flexibility index (Phi) is 8.13. The number of nitrogens with zero attached hydrogens (tertiary/aromatic N) is 2. The summed E-state index contributed by atoms with van der Waals surface area (Å²) in [6.45, 7) is -0.260. The average Bonchev–Trinajstić information content (AvgIpc) is 3.08. The molecule has 1 aliphatic rings. The SMILES string of the molecule is CS(=O)(=O)O[C@@H]1C[C@@H](C(O)CCNC(N)=O)N(C(=O)OCc2ccc([N+](=O)[O-])cc2)C1. The Morgan fingerprint density at radius 3 is 2.58 bits per heavy atom. The highest BCUT2D eigenvalue weighted by atomic mass is 32.2. The van der Waals surface area contributed by atoms with E-state index in [1.54, 1.807) is 0 Å². The van der Waals surface area contributed by atoms with Gasteiger partial charge in [-0.25, -0.2) is 9.59 Å². The summed E-state index contributed by atoms with van der Waals surface area (Å²) in [5.74, 6) is 0. The quantitative estimate of drug-likeness (QED) is 0.260. The number of benzene rings is 1. The van der Waals surface area contributed by atoms with Gasteiger partial charge in [0.25, 0.3) is 15.8 Å². The Balaban J connectivity index is 2.03. The molecule has 1 fully saturated rings. The lowest BCUT2D eigenvalue weighted by Crippen LogP contribution is -2.44. The molecule has 0 radical (unpaired) electrons. The van der Waals surface area contributed by atoms with Crippen LogP contribution in [0.3, 0.4) is 0 Å². The van der Waals surface area contributed by atoms with Crippen molar-refractivity contribution in [1.29, 1.82) is 0 Å². The Labute approximate surface area is 178 Å². The van der Waals surface area contributed by atoms with Crippen molar-refractivity contribution in [3.8, 4) is 0 Å². The van der Waals surface area contributed by atoms with Crippen molar-refractivity contribution in [3.63, 3.8) is 0 Å². The first-order chi connectivity index (χ1) is 14.5. The van der Waals surface area contributed by atoms with Crippen LogP contribution in [0.15, 0.2) is 24.3 Å². The Bertz CT molecular complexity index is 907. The lowest BCUT2D eigenvalue weighted by Gasteiger charge is -2.27. The van der Waals surface area contributed by atoms with Crippen molar-refractivity contribution in [1.82, 2.24) is 10.2 Å². The number of amides is 3. The highest BCUT2D eigenvalue weighted by molar-refractivity contribution is 7.86. The largest absolute Gasteiger partial charge is 0.445 e. The number of nitro benzene ring substituents is 1. The monoisotopic (exact) mass is 460 g/mol. The fourth-order valence-corrected chi connectivity index (χ4v) is 3.83. The second-order valence-corrected chi connectivity index (χ2v) is 8.60. The molecule has 31 heavy (non-hydrogen) atoms. The number of ether oxygens (including phenoxy) is 1. The lowest BCUT2D eigenvalue weighted by molar-refractivity contribution is -0.384. The summed E-state index contributed by atoms with van der Waals surface area (Å²) in [6, 6.07) is 3.84. The maximum atomic E-state index is 12.6. The summed E-state index contributed by atoms with van der Waals surface area (Å²) >= 11 is 0. The van der Waals surface area contributed by atoms with Crippen LogP contribution in [-0.2, 0) is 25.6 Å². The first kappa shape index (κ1) is 24.3. The zero-order chi connectivity index (χ0) is 23.2. The number of hydrogen-bond donors (Lipinski definition) is 3. The molecule has 3 amide bonds. The van der Waals surface area contributed by atoms with Gasteiger partial charge in [-0.1, -0.05) is 0 Å². The van der Waals surface area contributed by atoms with E-state index in [-0.39, 0.29) is 38.2 Å². The predicted octanol–water partition coefficient (Wildman–Crippen LogP) is 0.0698.